The maximum absolute atomic E-state index is 13.5. The lowest BCUT2D eigenvalue weighted by molar-refractivity contribution is 0.630. The molecule has 0 aliphatic carbocycles. The second-order valence-corrected chi connectivity index (χ2v) is 5.02. The first-order valence-corrected chi connectivity index (χ1v) is 6.43. The van der Waals surface area contributed by atoms with Crippen molar-refractivity contribution in [3.8, 4) is 0 Å². The number of rotatable bonds is 2. The van der Waals surface area contributed by atoms with E-state index < -0.39 is 0 Å². The monoisotopic (exact) mass is 271 g/mol. The van der Waals surface area contributed by atoms with Gasteiger partial charge < -0.3 is 10.3 Å². The number of nitrogens with zero attached hydrogens (tertiary/aromatic N) is 1. The summed E-state index contributed by atoms with van der Waals surface area (Å²) < 4.78 is 13.5. The van der Waals surface area contributed by atoms with E-state index in [9.17, 15) is 9.18 Å². The molecule has 1 aromatic carbocycles. The molecular formula is C15H14FN3O. The van der Waals surface area contributed by atoms with Gasteiger partial charge in [0, 0.05) is 23.0 Å². The van der Waals surface area contributed by atoms with Crippen LogP contribution in [0.3, 0.4) is 0 Å². The lowest BCUT2D eigenvalue weighted by Gasteiger charge is -2.13. The fraction of sp³-hybridized carbons (Fsp3) is 0.200. The van der Waals surface area contributed by atoms with Crippen molar-refractivity contribution >= 4 is 27.5 Å². The van der Waals surface area contributed by atoms with Crippen LogP contribution in [0.15, 0.2) is 35.3 Å². The number of H-pyrrole nitrogens is 1. The Morgan fingerprint density at radius 3 is 2.80 bits per heavy atom. The third kappa shape index (κ3) is 2.01. The van der Waals surface area contributed by atoms with Crippen LogP contribution in [-0.2, 0) is 0 Å². The van der Waals surface area contributed by atoms with Crippen LogP contribution >= 0.6 is 0 Å². The minimum absolute atomic E-state index is 0.190. The number of pyridine rings is 2. The van der Waals surface area contributed by atoms with E-state index in [0.29, 0.717) is 22.1 Å². The molecule has 102 valence electrons. The van der Waals surface area contributed by atoms with Gasteiger partial charge in [0.25, 0.3) is 5.56 Å². The molecule has 2 N–H and O–H groups in total. The van der Waals surface area contributed by atoms with Crippen LogP contribution in [0.1, 0.15) is 13.8 Å². The summed E-state index contributed by atoms with van der Waals surface area (Å²) in [5.41, 5.74) is 0.289. The number of aromatic nitrogens is 2. The molecule has 2 heterocycles. The molecule has 0 unspecified atom stereocenters. The zero-order valence-electron chi connectivity index (χ0n) is 11.2. The van der Waals surface area contributed by atoms with Crippen LogP contribution in [0.2, 0.25) is 0 Å². The van der Waals surface area contributed by atoms with Crippen LogP contribution in [0.5, 0.6) is 0 Å². The Bertz CT molecular complexity index is 855. The Morgan fingerprint density at radius 1 is 1.25 bits per heavy atom. The average molecular weight is 271 g/mol. The van der Waals surface area contributed by atoms with E-state index in [0.717, 1.165) is 5.39 Å². The van der Waals surface area contributed by atoms with Crippen LogP contribution < -0.4 is 10.9 Å². The molecule has 0 fully saturated rings. The second-order valence-electron chi connectivity index (χ2n) is 5.02. The van der Waals surface area contributed by atoms with E-state index in [1.54, 1.807) is 18.3 Å². The summed E-state index contributed by atoms with van der Waals surface area (Å²) in [4.78, 5) is 19.1. The number of nitrogens with one attached hydrogen (secondary N) is 2. The van der Waals surface area contributed by atoms with Crippen LogP contribution in [0.25, 0.3) is 21.7 Å². The van der Waals surface area contributed by atoms with Crippen LogP contribution in [0.4, 0.5) is 10.2 Å². The first kappa shape index (κ1) is 12.6. The van der Waals surface area contributed by atoms with Gasteiger partial charge in [-0.15, -0.1) is 0 Å². The van der Waals surface area contributed by atoms with Gasteiger partial charge in [-0.2, -0.15) is 0 Å². The summed E-state index contributed by atoms with van der Waals surface area (Å²) >= 11 is 0. The van der Waals surface area contributed by atoms with Crippen molar-refractivity contribution in [1.29, 1.82) is 0 Å². The van der Waals surface area contributed by atoms with Gasteiger partial charge in [-0.1, -0.05) is 0 Å². The number of benzene rings is 1. The Hall–Kier alpha value is -2.43. The molecule has 0 saturated heterocycles. The van der Waals surface area contributed by atoms with E-state index >= 15 is 0 Å². The van der Waals surface area contributed by atoms with Gasteiger partial charge in [-0.25, -0.2) is 9.37 Å². The van der Waals surface area contributed by atoms with E-state index in [1.165, 1.54) is 12.1 Å². The van der Waals surface area contributed by atoms with Crippen molar-refractivity contribution in [2.75, 3.05) is 5.32 Å². The van der Waals surface area contributed by atoms with Gasteiger partial charge in [0.1, 0.15) is 11.6 Å². The molecule has 5 heteroatoms. The predicted molar refractivity (Wildman–Crippen MR) is 78.6 cm³/mol. The van der Waals surface area contributed by atoms with Gasteiger partial charge in [0.2, 0.25) is 0 Å². The molecule has 4 nitrogen and oxygen atoms in total. The molecule has 0 bridgehead atoms. The van der Waals surface area contributed by atoms with Gasteiger partial charge in [-0.05, 0) is 38.1 Å². The minimum Gasteiger partial charge on any atom is -0.367 e. The molecule has 0 amide bonds. The first-order chi connectivity index (χ1) is 9.56. The Morgan fingerprint density at radius 2 is 2.05 bits per heavy atom. The summed E-state index contributed by atoms with van der Waals surface area (Å²) in [6, 6.07) is 6.30. The molecule has 0 saturated carbocycles. The lowest BCUT2D eigenvalue weighted by Crippen LogP contribution is -2.13. The predicted octanol–water partition coefficient (Wildman–Crippen LogP) is 3.04. The third-order valence-corrected chi connectivity index (χ3v) is 3.10. The molecular weight excluding hydrogens is 257 g/mol. The van der Waals surface area contributed by atoms with Crippen molar-refractivity contribution in [2.24, 2.45) is 0 Å². The summed E-state index contributed by atoms with van der Waals surface area (Å²) in [5.74, 6) is 0.289. The summed E-state index contributed by atoms with van der Waals surface area (Å²) in [7, 11) is 0. The Labute approximate surface area is 114 Å². The molecule has 2 aromatic heterocycles. The molecule has 0 radical (unpaired) electrons. The van der Waals surface area contributed by atoms with E-state index in [2.05, 4.69) is 15.3 Å². The first-order valence-electron chi connectivity index (χ1n) is 6.43. The summed E-state index contributed by atoms with van der Waals surface area (Å²) in [6.45, 7) is 4.00. The van der Waals surface area contributed by atoms with Gasteiger partial charge in [0.05, 0.1) is 10.9 Å². The number of aromatic amines is 1. The molecule has 0 atom stereocenters. The Kier molecular flexibility index (Phi) is 2.89. The summed E-state index contributed by atoms with van der Waals surface area (Å²) in [5, 5.41) is 4.96. The van der Waals surface area contributed by atoms with Crippen molar-refractivity contribution in [2.45, 2.75) is 19.9 Å². The lowest BCUT2D eigenvalue weighted by atomic mass is 10.1. The third-order valence-electron chi connectivity index (χ3n) is 3.10. The normalized spacial score (nSPS) is 11.4. The molecule has 20 heavy (non-hydrogen) atoms. The smallest absolute Gasteiger partial charge is 0.258 e. The van der Waals surface area contributed by atoms with Crippen molar-refractivity contribution in [3.63, 3.8) is 0 Å². The maximum Gasteiger partial charge on any atom is 0.258 e. The standard InChI is InChI=1S/C15H14FN3O/c1-8(2)18-14-10-4-3-9(16)7-11(10)13-12(19-14)5-6-17-15(13)20/h3-8H,1-2H3,(H,17,20)(H,18,19). The van der Waals surface area contributed by atoms with Gasteiger partial charge in [0.15, 0.2) is 0 Å². The fourth-order valence-corrected chi connectivity index (χ4v) is 2.32. The van der Waals surface area contributed by atoms with Crippen LogP contribution in [0, 0.1) is 5.82 Å². The zero-order valence-corrected chi connectivity index (χ0v) is 11.2. The largest absolute Gasteiger partial charge is 0.367 e. The average Bonchev–Trinajstić information content (AvgIpc) is 2.37. The van der Waals surface area contributed by atoms with Gasteiger partial charge >= 0.3 is 0 Å². The highest BCUT2D eigenvalue weighted by atomic mass is 19.1. The van der Waals surface area contributed by atoms with Crippen molar-refractivity contribution < 1.29 is 4.39 Å². The fourth-order valence-electron chi connectivity index (χ4n) is 2.32. The van der Waals surface area contributed by atoms with Crippen molar-refractivity contribution in [3.05, 3.63) is 46.6 Å². The van der Waals surface area contributed by atoms with Gasteiger partial charge in [-0.3, -0.25) is 4.79 Å². The Balaban J connectivity index is 2.49. The number of anilines is 1. The molecule has 0 aliphatic rings. The highest BCUT2D eigenvalue weighted by Gasteiger charge is 2.12. The van der Waals surface area contributed by atoms with E-state index in [-0.39, 0.29) is 17.4 Å². The molecule has 0 aliphatic heterocycles. The quantitative estimate of drug-likeness (QED) is 0.704. The number of hydrogen-bond acceptors (Lipinski definition) is 3. The number of hydrogen-bond donors (Lipinski definition) is 2. The molecule has 3 aromatic rings. The SMILES string of the molecule is CC(C)Nc1nc2cc[nH]c(=O)c2c2cc(F)ccc12. The topological polar surface area (TPSA) is 57.8 Å². The molecule has 3 rings (SSSR count). The van der Waals surface area contributed by atoms with Crippen LogP contribution in [-0.4, -0.2) is 16.0 Å². The highest BCUT2D eigenvalue weighted by molar-refractivity contribution is 6.09. The second kappa shape index (κ2) is 4.59. The molecule has 0 spiro atoms. The van der Waals surface area contributed by atoms with E-state index in [1.807, 2.05) is 13.8 Å². The number of halogens is 1. The zero-order chi connectivity index (χ0) is 14.3. The number of fused-ring (bicyclic) bond motifs is 3. The highest BCUT2D eigenvalue weighted by Crippen LogP contribution is 2.28. The van der Waals surface area contributed by atoms with Crippen molar-refractivity contribution in [1.82, 2.24) is 9.97 Å². The summed E-state index contributed by atoms with van der Waals surface area (Å²) in [6.07, 6.45) is 1.54. The maximum atomic E-state index is 13.5. The van der Waals surface area contributed by atoms with E-state index in [4.69, 9.17) is 0 Å². The minimum atomic E-state index is -0.372.